The fraction of sp³-hybridized carbons (Fsp3) is 0.455. The van der Waals surface area contributed by atoms with Gasteiger partial charge in [-0.1, -0.05) is 30.3 Å². The summed E-state index contributed by atoms with van der Waals surface area (Å²) >= 11 is 0. The molecular weight excluding hydrogens is 334 g/mol. The van der Waals surface area contributed by atoms with Gasteiger partial charge in [0.2, 0.25) is 0 Å². The molecule has 0 saturated carbocycles. The second-order valence-electron chi connectivity index (χ2n) is 7.99. The molecule has 0 bridgehead atoms. The van der Waals surface area contributed by atoms with Crippen molar-refractivity contribution in [3.05, 3.63) is 59.7 Å². The van der Waals surface area contributed by atoms with Crippen LogP contribution in [0.15, 0.2) is 42.7 Å². The number of piperidine rings is 1. The van der Waals surface area contributed by atoms with Crippen LogP contribution in [0, 0.1) is 13.8 Å². The molecule has 0 unspecified atom stereocenters. The zero-order valence-corrected chi connectivity index (χ0v) is 16.8. The lowest BCUT2D eigenvalue weighted by Crippen LogP contribution is -2.43. The molecule has 2 aromatic heterocycles. The molecule has 0 aliphatic carbocycles. The van der Waals surface area contributed by atoms with E-state index < -0.39 is 0 Å². The van der Waals surface area contributed by atoms with Crippen LogP contribution in [0.2, 0.25) is 0 Å². The Bertz CT molecular complexity index is 914. The Labute approximate surface area is 161 Å². The summed E-state index contributed by atoms with van der Waals surface area (Å²) in [4.78, 5) is 11.9. The molecule has 3 heterocycles. The molecule has 27 heavy (non-hydrogen) atoms. The van der Waals surface area contributed by atoms with E-state index in [-0.39, 0.29) is 5.41 Å². The largest absolute Gasteiger partial charge is 0.329 e. The summed E-state index contributed by atoms with van der Waals surface area (Å²) in [5, 5.41) is 0. The fourth-order valence-electron chi connectivity index (χ4n) is 4.26. The predicted octanol–water partition coefficient (Wildman–Crippen LogP) is 3.56. The van der Waals surface area contributed by atoms with Crippen LogP contribution < -0.4 is 0 Å². The predicted molar refractivity (Wildman–Crippen MR) is 109 cm³/mol. The first-order valence-corrected chi connectivity index (χ1v) is 9.76. The molecule has 0 amide bonds. The number of aryl methyl sites for hydroxylation is 1. The van der Waals surface area contributed by atoms with Gasteiger partial charge in [0.25, 0.3) is 0 Å². The smallest absolute Gasteiger partial charge is 0.176 e. The Morgan fingerprint density at radius 1 is 1.00 bits per heavy atom. The lowest BCUT2D eigenvalue weighted by molar-refractivity contribution is 0.170. The Hall–Kier alpha value is -2.40. The van der Waals surface area contributed by atoms with Gasteiger partial charge in [0, 0.05) is 37.1 Å². The normalized spacial score (nSPS) is 17.3. The first-order chi connectivity index (χ1) is 13.0. The number of hydrogen-bond donors (Lipinski definition) is 0. The van der Waals surface area contributed by atoms with Gasteiger partial charge in [-0.15, -0.1) is 0 Å². The number of nitrogens with zero attached hydrogens (tertiary/aromatic N) is 5. The van der Waals surface area contributed by atoms with E-state index in [1.165, 1.54) is 11.3 Å². The second kappa shape index (κ2) is 6.97. The molecule has 0 N–H and O–H groups in total. The van der Waals surface area contributed by atoms with E-state index in [9.17, 15) is 0 Å². The van der Waals surface area contributed by atoms with E-state index >= 15 is 0 Å². The van der Waals surface area contributed by atoms with Gasteiger partial charge in [-0.25, -0.2) is 9.97 Å². The van der Waals surface area contributed by atoms with Crippen LogP contribution in [0.3, 0.4) is 0 Å². The van der Waals surface area contributed by atoms with E-state index in [0.717, 1.165) is 49.8 Å². The number of aromatic nitrogens is 4. The SMILES string of the molecule is Cc1nc(-c2nccn2CC2(c3ccccc3)CCN(C)CC2)n(C)c1C. The lowest BCUT2D eigenvalue weighted by atomic mass is 9.72. The van der Waals surface area contributed by atoms with Crippen molar-refractivity contribution in [2.45, 2.75) is 38.6 Å². The maximum absolute atomic E-state index is 4.78. The summed E-state index contributed by atoms with van der Waals surface area (Å²) < 4.78 is 4.46. The van der Waals surface area contributed by atoms with Crippen molar-refractivity contribution in [3.8, 4) is 11.6 Å². The molecule has 0 atom stereocenters. The number of imidazole rings is 2. The van der Waals surface area contributed by atoms with E-state index in [2.05, 4.69) is 83.5 Å². The van der Waals surface area contributed by atoms with E-state index in [1.54, 1.807) is 0 Å². The third-order valence-corrected chi connectivity index (χ3v) is 6.34. The minimum atomic E-state index is 0.137. The van der Waals surface area contributed by atoms with Crippen LogP contribution in [0.4, 0.5) is 0 Å². The summed E-state index contributed by atoms with van der Waals surface area (Å²) in [6.07, 6.45) is 6.33. The van der Waals surface area contributed by atoms with Crippen molar-refractivity contribution >= 4 is 0 Å². The zero-order chi connectivity index (χ0) is 19.0. The number of rotatable bonds is 4. The molecule has 1 aliphatic rings. The summed E-state index contributed by atoms with van der Waals surface area (Å²) in [6.45, 7) is 7.36. The standard InChI is InChI=1S/C22H29N5/c1-17-18(2)26(4)21(24-17)20-23-12-15-27(20)16-22(10-13-25(3)14-11-22)19-8-6-5-7-9-19/h5-9,12,15H,10-11,13-14,16H2,1-4H3. The molecule has 1 fully saturated rings. The van der Waals surface area contributed by atoms with Gasteiger partial charge in [-0.3, -0.25) is 0 Å². The molecule has 142 valence electrons. The topological polar surface area (TPSA) is 38.9 Å². The first-order valence-electron chi connectivity index (χ1n) is 9.76. The van der Waals surface area contributed by atoms with Crippen molar-refractivity contribution in [1.82, 2.24) is 24.0 Å². The maximum atomic E-state index is 4.78. The highest BCUT2D eigenvalue weighted by atomic mass is 15.2. The molecule has 1 aliphatic heterocycles. The molecule has 5 nitrogen and oxygen atoms in total. The zero-order valence-electron chi connectivity index (χ0n) is 16.8. The summed E-state index contributed by atoms with van der Waals surface area (Å²) in [5.74, 6) is 1.91. The number of likely N-dealkylation sites (tertiary alicyclic amines) is 1. The molecule has 0 spiro atoms. The van der Waals surface area contributed by atoms with Crippen molar-refractivity contribution in [2.75, 3.05) is 20.1 Å². The van der Waals surface area contributed by atoms with E-state index in [0.29, 0.717) is 0 Å². The molecule has 1 saturated heterocycles. The maximum Gasteiger partial charge on any atom is 0.176 e. The second-order valence-corrected chi connectivity index (χ2v) is 7.99. The molecule has 5 heteroatoms. The van der Waals surface area contributed by atoms with Crippen molar-refractivity contribution in [3.63, 3.8) is 0 Å². The third-order valence-electron chi connectivity index (χ3n) is 6.34. The number of benzene rings is 1. The van der Waals surface area contributed by atoms with Crippen molar-refractivity contribution < 1.29 is 0 Å². The Balaban J connectivity index is 1.73. The molecule has 1 aromatic carbocycles. The van der Waals surface area contributed by atoms with Crippen LogP contribution in [0.5, 0.6) is 0 Å². The minimum absolute atomic E-state index is 0.137. The highest BCUT2D eigenvalue weighted by molar-refractivity contribution is 5.47. The van der Waals surface area contributed by atoms with Gasteiger partial charge in [-0.2, -0.15) is 0 Å². The van der Waals surface area contributed by atoms with Gasteiger partial charge < -0.3 is 14.0 Å². The van der Waals surface area contributed by atoms with Crippen molar-refractivity contribution in [1.29, 1.82) is 0 Å². The highest BCUT2D eigenvalue weighted by Gasteiger charge is 2.36. The summed E-state index contributed by atoms with van der Waals surface area (Å²) in [6, 6.07) is 11.0. The Morgan fingerprint density at radius 2 is 1.70 bits per heavy atom. The lowest BCUT2D eigenvalue weighted by Gasteiger charge is -2.41. The van der Waals surface area contributed by atoms with Gasteiger partial charge in [0.15, 0.2) is 11.6 Å². The average Bonchev–Trinajstić information content (AvgIpc) is 3.24. The van der Waals surface area contributed by atoms with Crippen LogP contribution in [0.1, 0.15) is 29.8 Å². The monoisotopic (exact) mass is 363 g/mol. The summed E-state index contributed by atoms with van der Waals surface area (Å²) in [7, 11) is 4.29. The quantitative estimate of drug-likeness (QED) is 0.711. The van der Waals surface area contributed by atoms with Crippen LogP contribution in [-0.4, -0.2) is 44.1 Å². The van der Waals surface area contributed by atoms with Crippen LogP contribution in [-0.2, 0) is 19.0 Å². The van der Waals surface area contributed by atoms with Gasteiger partial charge in [0.05, 0.1) is 5.69 Å². The van der Waals surface area contributed by atoms with Crippen LogP contribution in [0.25, 0.3) is 11.6 Å². The third kappa shape index (κ3) is 3.21. The molecule has 4 rings (SSSR count). The van der Waals surface area contributed by atoms with E-state index in [4.69, 9.17) is 4.98 Å². The first kappa shape index (κ1) is 18.0. The molecule has 0 radical (unpaired) electrons. The highest BCUT2D eigenvalue weighted by Crippen LogP contribution is 2.38. The molecule has 3 aromatic rings. The Kier molecular flexibility index (Phi) is 4.64. The average molecular weight is 364 g/mol. The minimum Gasteiger partial charge on any atom is -0.329 e. The Morgan fingerprint density at radius 3 is 2.33 bits per heavy atom. The van der Waals surface area contributed by atoms with Crippen LogP contribution >= 0.6 is 0 Å². The fourth-order valence-corrected chi connectivity index (χ4v) is 4.26. The summed E-state index contributed by atoms with van der Waals surface area (Å²) in [5.41, 5.74) is 3.83. The number of hydrogen-bond acceptors (Lipinski definition) is 3. The van der Waals surface area contributed by atoms with E-state index in [1.807, 2.05) is 6.20 Å². The van der Waals surface area contributed by atoms with Gasteiger partial charge in [-0.05, 0) is 52.4 Å². The van der Waals surface area contributed by atoms with Gasteiger partial charge in [0.1, 0.15) is 0 Å². The van der Waals surface area contributed by atoms with Gasteiger partial charge >= 0.3 is 0 Å². The molecular formula is C22H29N5. The van der Waals surface area contributed by atoms with Crippen molar-refractivity contribution in [2.24, 2.45) is 7.05 Å².